The molecule has 3 aromatic rings. The van der Waals surface area contributed by atoms with Crippen LogP contribution in [0.5, 0.6) is 11.5 Å². The maximum atomic E-state index is 6.94. The monoisotopic (exact) mass is 383 g/mol. The first kappa shape index (κ1) is 17.9. The summed E-state index contributed by atoms with van der Waals surface area (Å²) in [6, 6.07) is 25.1. The van der Waals surface area contributed by atoms with Crippen molar-refractivity contribution in [1.29, 1.82) is 0 Å². The van der Waals surface area contributed by atoms with Crippen LogP contribution in [0, 0.1) is 0 Å². The number of benzene rings is 3. The van der Waals surface area contributed by atoms with Gasteiger partial charge in [-0.3, -0.25) is 4.90 Å². The normalized spacial score (nSPS) is 20.9. The van der Waals surface area contributed by atoms with Gasteiger partial charge in [0.05, 0.1) is 12.0 Å². The summed E-state index contributed by atoms with van der Waals surface area (Å²) in [6.45, 7) is 7.11. The lowest BCUT2D eigenvalue weighted by molar-refractivity contribution is 0.0592. The third-order valence-electron chi connectivity index (χ3n) is 6.12. The molecule has 146 valence electrons. The zero-order valence-electron chi connectivity index (χ0n) is 17.1. The highest BCUT2D eigenvalue weighted by atomic mass is 16.5. The van der Waals surface area contributed by atoms with Gasteiger partial charge in [0.1, 0.15) is 0 Å². The van der Waals surface area contributed by atoms with Crippen LogP contribution in [-0.4, -0.2) is 12.3 Å². The molecule has 2 heterocycles. The second-order valence-corrected chi connectivity index (χ2v) is 8.05. The van der Waals surface area contributed by atoms with Crippen LogP contribution in [0.15, 0.2) is 78.9 Å². The van der Waals surface area contributed by atoms with Gasteiger partial charge in [-0.1, -0.05) is 48.5 Å². The van der Waals surface area contributed by atoms with Crippen molar-refractivity contribution in [1.82, 2.24) is 0 Å². The lowest BCUT2D eigenvalue weighted by Gasteiger charge is -2.47. The fourth-order valence-corrected chi connectivity index (χ4v) is 4.65. The van der Waals surface area contributed by atoms with E-state index in [9.17, 15) is 0 Å². The van der Waals surface area contributed by atoms with Crippen LogP contribution < -0.4 is 14.4 Å². The SMILES string of the molecule is CCOc1cccc2c1OC1(C=C2)N(c2ccccc2)c2ccccc2C1(C)C. The van der Waals surface area contributed by atoms with Crippen LogP contribution in [0.4, 0.5) is 11.4 Å². The molecule has 0 aromatic heterocycles. The van der Waals surface area contributed by atoms with Crippen LogP contribution in [0.2, 0.25) is 0 Å². The van der Waals surface area contributed by atoms with Crippen molar-refractivity contribution in [3.63, 3.8) is 0 Å². The number of para-hydroxylation sites is 3. The van der Waals surface area contributed by atoms with Crippen LogP contribution in [0.1, 0.15) is 31.9 Å². The predicted molar refractivity (Wildman–Crippen MR) is 118 cm³/mol. The Labute approximate surface area is 172 Å². The van der Waals surface area contributed by atoms with E-state index in [2.05, 4.69) is 85.5 Å². The Morgan fingerprint density at radius 1 is 0.897 bits per heavy atom. The molecule has 0 N–H and O–H groups in total. The summed E-state index contributed by atoms with van der Waals surface area (Å²) in [4.78, 5) is 2.32. The molecule has 0 aliphatic carbocycles. The molecular formula is C26H25NO2. The number of anilines is 2. The first-order valence-corrected chi connectivity index (χ1v) is 10.2. The van der Waals surface area contributed by atoms with Gasteiger partial charge < -0.3 is 9.47 Å². The summed E-state index contributed by atoms with van der Waals surface area (Å²) in [7, 11) is 0. The van der Waals surface area contributed by atoms with E-state index >= 15 is 0 Å². The number of hydrogen-bond acceptors (Lipinski definition) is 3. The highest BCUT2D eigenvalue weighted by Gasteiger charge is 2.59. The first-order chi connectivity index (χ1) is 14.1. The Bertz CT molecular complexity index is 1090. The van der Waals surface area contributed by atoms with Crippen LogP contribution >= 0.6 is 0 Å². The van der Waals surface area contributed by atoms with Crippen LogP contribution in [0.25, 0.3) is 6.08 Å². The van der Waals surface area contributed by atoms with Gasteiger partial charge in [-0.25, -0.2) is 0 Å². The molecule has 0 bridgehead atoms. The van der Waals surface area contributed by atoms with Gasteiger partial charge in [-0.2, -0.15) is 0 Å². The van der Waals surface area contributed by atoms with E-state index in [0.717, 1.165) is 22.7 Å². The molecule has 1 spiro atoms. The number of ether oxygens (including phenoxy) is 2. The van der Waals surface area contributed by atoms with Crippen molar-refractivity contribution in [2.24, 2.45) is 0 Å². The van der Waals surface area contributed by atoms with Crippen molar-refractivity contribution in [3.05, 3.63) is 90.0 Å². The molecule has 3 heteroatoms. The fraction of sp³-hybridized carbons (Fsp3) is 0.231. The van der Waals surface area contributed by atoms with E-state index < -0.39 is 5.72 Å². The summed E-state index contributed by atoms with van der Waals surface area (Å²) < 4.78 is 12.9. The van der Waals surface area contributed by atoms with Gasteiger partial charge in [0.15, 0.2) is 11.5 Å². The Morgan fingerprint density at radius 2 is 1.66 bits per heavy atom. The molecule has 0 radical (unpaired) electrons. The molecule has 3 nitrogen and oxygen atoms in total. The quantitative estimate of drug-likeness (QED) is 0.528. The zero-order chi connectivity index (χ0) is 20.1. The van der Waals surface area contributed by atoms with Gasteiger partial charge in [0.2, 0.25) is 5.72 Å². The molecular weight excluding hydrogens is 358 g/mol. The molecule has 29 heavy (non-hydrogen) atoms. The Morgan fingerprint density at radius 3 is 2.45 bits per heavy atom. The molecule has 2 aliphatic rings. The first-order valence-electron chi connectivity index (χ1n) is 10.2. The molecule has 2 aliphatic heterocycles. The van der Waals surface area contributed by atoms with Crippen molar-refractivity contribution in [2.75, 3.05) is 11.5 Å². The summed E-state index contributed by atoms with van der Waals surface area (Å²) in [5.74, 6) is 1.59. The maximum absolute atomic E-state index is 6.94. The molecule has 1 atom stereocenters. The largest absolute Gasteiger partial charge is 0.490 e. The average molecular weight is 383 g/mol. The van der Waals surface area contributed by atoms with Crippen molar-refractivity contribution in [3.8, 4) is 11.5 Å². The standard InChI is InChI=1S/C26H25NO2/c1-4-28-23-16-10-11-19-17-18-26(29-24(19)23)25(2,3)21-14-8-9-15-22(21)27(26)20-12-6-5-7-13-20/h5-18H,4H2,1-3H3. The summed E-state index contributed by atoms with van der Waals surface area (Å²) in [5.41, 5.74) is 3.61. The van der Waals surface area contributed by atoms with Crippen LogP contribution in [0.3, 0.4) is 0 Å². The maximum Gasteiger partial charge on any atom is 0.216 e. The van der Waals surface area contributed by atoms with Gasteiger partial charge in [-0.05, 0) is 62.8 Å². The van der Waals surface area contributed by atoms with Crippen molar-refractivity contribution >= 4 is 17.5 Å². The second kappa shape index (κ2) is 6.41. The van der Waals surface area contributed by atoms with Gasteiger partial charge >= 0.3 is 0 Å². The predicted octanol–water partition coefficient (Wildman–Crippen LogP) is 6.32. The molecule has 0 fully saturated rings. The summed E-state index contributed by atoms with van der Waals surface area (Å²) in [5, 5.41) is 0. The highest BCUT2D eigenvalue weighted by molar-refractivity contribution is 5.80. The minimum Gasteiger partial charge on any atom is -0.490 e. The Hall–Kier alpha value is -3.20. The van der Waals surface area contributed by atoms with E-state index in [1.807, 2.05) is 25.1 Å². The minimum absolute atomic E-state index is 0.285. The van der Waals surface area contributed by atoms with Gasteiger partial charge in [0, 0.05) is 16.9 Å². The fourth-order valence-electron chi connectivity index (χ4n) is 4.65. The van der Waals surface area contributed by atoms with Gasteiger partial charge in [-0.15, -0.1) is 0 Å². The van der Waals surface area contributed by atoms with E-state index in [1.165, 1.54) is 11.3 Å². The molecule has 1 unspecified atom stereocenters. The zero-order valence-corrected chi connectivity index (χ0v) is 17.1. The summed E-state index contributed by atoms with van der Waals surface area (Å²) in [6.07, 6.45) is 4.38. The highest BCUT2D eigenvalue weighted by Crippen LogP contribution is 2.58. The smallest absolute Gasteiger partial charge is 0.216 e. The lowest BCUT2D eigenvalue weighted by atomic mass is 9.76. The Balaban J connectivity index is 1.75. The topological polar surface area (TPSA) is 21.7 Å². The number of nitrogens with zero attached hydrogens (tertiary/aromatic N) is 1. The molecule has 0 saturated heterocycles. The van der Waals surface area contributed by atoms with Crippen molar-refractivity contribution in [2.45, 2.75) is 31.9 Å². The number of hydrogen-bond donors (Lipinski definition) is 0. The third kappa shape index (κ3) is 2.43. The lowest BCUT2D eigenvalue weighted by Crippen LogP contribution is -2.57. The van der Waals surface area contributed by atoms with Crippen LogP contribution in [-0.2, 0) is 5.41 Å². The minimum atomic E-state index is -0.696. The average Bonchev–Trinajstić information content (AvgIpc) is 2.93. The van der Waals surface area contributed by atoms with E-state index in [4.69, 9.17) is 9.47 Å². The van der Waals surface area contributed by atoms with E-state index in [0.29, 0.717) is 6.61 Å². The van der Waals surface area contributed by atoms with E-state index in [-0.39, 0.29) is 5.41 Å². The molecule has 3 aromatic carbocycles. The third-order valence-corrected chi connectivity index (χ3v) is 6.12. The molecule has 0 saturated carbocycles. The second-order valence-electron chi connectivity index (χ2n) is 8.05. The number of fused-ring (bicyclic) bond motifs is 2. The van der Waals surface area contributed by atoms with E-state index in [1.54, 1.807) is 0 Å². The molecule has 5 rings (SSSR count). The number of rotatable bonds is 3. The summed E-state index contributed by atoms with van der Waals surface area (Å²) >= 11 is 0. The van der Waals surface area contributed by atoms with Gasteiger partial charge in [0.25, 0.3) is 0 Å². The molecule has 0 amide bonds. The van der Waals surface area contributed by atoms with Crippen molar-refractivity contribution < 1.29 is 9.47 Å². The Kier molecular flexibility index (Phi) is 3.95.